The third-order valence-corrected chi connectivity index (χ3v) is 3.70. The van der Waals surface area contributed by atoms with Crippen LogP contribution in [0.25, 0.3) is 0 Å². The van der Waals surface area contributed by atoms with Gasteiger partial charge in [0.1, 0.15) is 0 Å². The van der Waals surface area contributed by atoms with Gasteiger partial charge in [0.25, 0.3) is 0 Å². The minimum Gasteiger partial charge on any atom is -0.373 e. The molecule has 7 heteroatoms. The van der Waals surface area contributed by atoms with Gasteiger partial charge in [-0.15, -0.1) is 0 Å². The fourth-order valence-electron chi connectivity index (χ4n) is 2.69. The maximum absolute atomic E-state index is 12.2. The molecule has 7 nitrogen and oxygen atoms in total. The Morgan fingerprint density at radius 1 is 1.43 bits per heavy atom. The monoisotopic (exact) mass is 296 g/mol. The standard InChI is InChI=1S/C14H24N4O3/c1-17(10-13(15)19)8-12-9-18(6-7-21-12)14(20)16-11-4-2-3-5-11/h2-3,11-12H,4-10H2,1H3,(H2,15,19)(H,16,20)/t12-/m1/s1. The minimum absolute atomic E-state index is 0.0328. The van der Waals surface area contributed by atoms with Crippen molar-refractivity contribution in [1.82, 2.24) is 15.1 Å². The molecule has 0 saturated carbocycles. The topological polar surface area (TPSA) is 87.9 Å². The highest BCUT2D eigenvalue weighted by molar-refractivity contribution is 5.76. The first-order valence-corrected chi connectivity index (χ1v) is 7.33. The quantitative estimate of drug-likeness (QED) is 0.672. The van der Waals surface area contributed by atoms with Crippen molar-refractivity contribution in [1.29, 1.82) is 0 Å². The molecule has 1 aliphatic heterocycles. The molecule has 3 N–H and O–H groups in total. The van der Waals surface area contributed by atoms with Gasteiger partial charge in [0, 0.05) is 25.7 Å². The lowest BCUT2D eigenvalue weighted by Crippen LogP contribution is -2.53. The maximum atomic E-state index is 12.2. The predicted octanol–water partition coefficient (Wildman–Crippen LogP) is -0.467. The summed E-state index contributed by atoms with van der Waals surface area (Å²) < 4.78 is 5.65. The Balaban J connectivity index is 1.76. The summed E-state index contributed by atoms with van der Waals surface area (Å²) in [6.45, 7) is 2.43. The Morgan fingerprint density at radius 3 is 2.81 bits per heavy atom. The number of rotatable bonds is 5. The number of morpholine rings is 1. The molecule has 0 aromatic rings. The van der Waals surface area contributed by atoms with Crippen LogP contribution in [-0.2, 0) is 9.53 Å². The number of urea groups is 1. The number of likely N-dealkylation sites (N-methyl/N-ethyl adjacent to an activating group) is 1. The number of amides is 3. The van der Waals surface area contributed by atoms with E-state index in [1.54, 1.807) is 4.90 Å². The number of nitrogens with zero attached hydrogens (tertiary/aromatic N) is 2. The summed E-state index contributed by atoms with van der Waals surface area (Å²) in [4.78, 5) is 26.7. The predicted molar refractivity (Wildman–Crippen MR) is 78.7 cm³/mol. The van der Waals surface area contributed by atoms with Crippen LogP contribution in [0.4, 0.5) is 4.79 Å². The number of ether oxygens (including phenoxy) is 1. The lowest BCUT2D eigenvalue weighted by molar-refractivity contribution is -0.119. The molecule has 1 aliphatic carbocycles. The molecule has 2 aliphatic rings. The van der Waals surface area contributed by atoms with Gasteiger partial charge >= 0.3 is 6.03 Å². The first-order chi connectivity index (χ1) is 10.0. The van der Waals surface area contributed by atoms with E-state index < -0.39 is 0 Å². The molecule has 0 spiro atoms. The first kappa shape index (κ1) is 15.8. The van der Waals surface area contributed by atoms with E-state index in [-0.39, 0.29) is 30.6 Å². The van der Waals surface area contributed by atoms with Crippen LogP contribution in [0.15, 0.2) is 12.2 Å². The fourth-order valence-corrected chi connectivity index (χ4v) is 2.69. The number of primary amides is 1. The van der Waals surface area contributed by atoms with Gasteiger partial charge in [-0.3, -0.25) is 9.69 Å². The van der Waals surface area contributed by atoms with E-state index in [9.17, 15) is 9.59 Å². The van der Waals surface area contributed by atoms with Crippen LogP contribution in [0.3, 0.4) is 0 Å². The molecule has 1 heterocycles. The Bertz CT molecular complexity index is 405. The molecule has 0 bridgehead atoms. The molecule has 1 saturated heterocycles. The smallest absolute Gasteiger partial charge is 0.317 e. The molecule has 1 fully saturated rings. The van der Waals surface area contributed by atoms with Crippen LogP contribution in [0.2, 0.25) is 0 Å². The molecule has 118 valence electrons. The summed E-state index contributed by atoms with van der Waals surface area (Å²) in [5, 5.41) is 3.04. The lowest BCUT2D eigenvalue weighted by atomic mass is 10.2. The van der Waals surface area contributed by atoms with Crippen molar-refractivity contribution in [2.75, 3.05) is 39.8 Å². The number of nitrogens with one attached hydrogen (secondary N) is 1. The van der Waals surface area contributed by atoms with E-state index in [2.05, 4.69) is 17.5 Å². The fraction of sp³-hybridized carbons (Fsp3) is 0.714. The Morgan fingerprint density at radius 2 is 2.14 bits per heavy atom. The van der Waals surface area contributed by atoms with Gasteiger partial charge in [-0.25, -0.2) is 4.79 Å². The molecule has 21 heavy (non-hydrogen) atoms. The molecule has 2 rings (SSSR count). The van der Waals surface area contributed by atoms with E-state index >= 15 is 0 Å². The Hall–Kier alpha value is -1.60. The van der Waals surface area contributed by atoms with E-state index in [1.165, 1.54) is 0 Å². The lowest BCUT2D eigenvalue weighted by Gasteiger charge is -2.35. The number of hydrogen-bond acceptors (Lipinski definition) is 4. The third-order valence-electron chi connectivity index (χ3n) is 3.70. The van der Waals surface area contributed by atoms with E-state index in [4.69, 9.17) is 10.5 Å². The molecule has 0 aromatic heterocycles. The normalized spacial score (nSPS) is 22.8. The van der Waals surface area contributed by atoms with Crippen LogP contribution >= 0.6 is 0 Å². The summed E-state index contributed by atoms with van der Waals surface area (Å²) in [7, 11) is 1.82. The second kappa shape index (κ2) is 7.42. The van der Waals surface area contributed by atoms with Crippen molar-refractivity contribution in [3.8, 4) is 0 Å². The van der Waals surface area contributed by atoms with Crippen LogP contribution in [0, 0.1) is 0 Å². The molecular formula is C14H24N4O3. The SMILES string of the molecule is CN(CC(N)=O)C[C@@H]1CN(C(=O)NC2CC=CC2)CCO1. The zero-order valence-electron chi connectivity index (χ0n) is 12.5. The van der Waals surface area contributed by atoms with Gasteiger partial charge in [-0.2, -0.15) is 0 Å². The molecule has 1 atom stereocenters. The van der Waals surface area contributed by atoms with Gasteiger partial charge in [0.2, 0.25) is 5.91 Å². The van der Waals surface area contributed by atoms with Gasteiger partial charge < -0.3 is 20.7 Å². The minimum atomic E-state index is -0.364. The van der Waals surface area contributed by atoms with Gasteiger partial charge in [-0.05, 0) is 19.9 Å². The van der Waals surface area contributed by atoms with E-state index in [1.807, 2.05) is 11.9 Å². The summed E-state index contributed by atoms with van der Waals surface area (Å²) in [6.07, 6.45) is 5.90. The summed E-state index contributed by atoms with van der Waals surface area (Å²) in [5.74, 6) is -0.364. The number of nitrogens with two attached hydrogens (primary N) is 1. The maximum Gasteiger partial charge on any atom is 0.317 e. The molecule has 3 amide bonds. The van der Waals surface area contributed by atoms with Gasteiger partial charge in [-0.1, -0.05) is 12.2 Å². The summed E-state index contributed by atoms with van der Waals surface area (Å²) in [5.41, 5.74) is 5.16. The number of hydrogen-bond donors (Lipinski definition) is 2. The Kier molecular flexibility index (Phi) is 5.58. The zero-order chi connectivity index (χ0) is 15.2. The van der Waals surface area contributed by atoms with Gasteiger partial charge in [0.05, 0.1) is 19.3 Å². The van der Waals surface area contributed by atoms with Crippen LogP contribution in [0.1, 0.15) is 12.8 Å². The Labute approximate surface area is 125 Å². The van der Waals surface area contributed by atoms with Crippen molar-refractivity contribution in [3.05, 3.63) is 12.2 Å². The highest BCUT2D eigenvalue weighted by atomic mass is 16.5. The van der Waals surface area contributed by atoms with Crippen LogP contribution in [0.5, 0.6) is 0 Å². The van der Waals surface area contributed by atoms with Crippen molar-refractivity contribution in [3.63, 3.8) is 0 Å². The zero-order valence-corrected chi connectivity index (χ0v) is 12.5. The molecule has 0 radical (unpaired) electrons. The highest BCUT2D eigenvalue weighted by Crippen LogP contribution is 2.11. The van der Waals surface area contributed by atoms with Crippen molar-refractivity contribution in [2.45, 2.75) is 25.0 Å². The second-order valence-electron chi connectivity index (χ2n) is 5.69. The second-order valence-corrected chi connectivity index (χ2v) is 5.69. The van der Waals surface area contributed by atoms with Gasteiger partial charge in [0.15, 0.2) is 0 Å². The average molecular weight is 296 g/mol. The first-order valence-electron chi connectivity index (χ1n) is 7.33. The summed E-state index contributed by atoms with van der Waals surface area (Å²) in [6, 6.07) is 0.186. The number of carbonyl (C=O) groups is 2. The highest BCUT2D eigenvalue weighted by Gasteiger charge is 2.26. The van der Waals surface area contributed by atoms with Crippen LogP contribution < -0.4 is 11.1 Å². The van der Waals surface area contributed by atoms with Crippen molar-refractivity contribution in [2.24, 2.45) is 5.73 Å². The van der Waals surface area contributed by atoms with Crippen molar-refractivity contribution < 1.29 is 14.3 Å². The largest absolute Gasteiger partial charge is 0.373 e. The van der Waals surface area contributed by atoms with E-state index in [0.717, 1.165) is 12.8 Å². The van der Waals surface area contributed by atoms with Crippen LogP contribution in [-0.4, -0.2) is 73.7 Å². The average Bonchev–Trinajstić information content (AvgIpc) is 2.90. The van der Waals surface area contributed by atoms with E-state index in [0.29, 0.717) is 26.2 Å². The molecule has 0 aromatic carbocycles. The molecule has 0 unspecified atom stereocenters. The van der Waals surface area contributed by atoms with Crippen molar-refractivity contribution >= 4 is 11.9 Å². The number of carbonyl (C=O) groups excluding carboxylic acids is 2. The summed E-state index contributed by atoms with van der Waals surface area (Å²) >= 11 is 0. The molecular weight excluding hydrogens is 272 g/mol. The third kappa shape index (κ3) is 5.02.